The Bertz CT molecular complexity index is 909. The molecule has 0 aliphatic rings. The first-order valence-corrected chi connectivity index (χ1v) is 8.99. The Hall–Kier alpha value is -3.37. The lowest BCUT2D eigenvalue weighted by atomic mass is 10.1. The summed E-state index contributed by atoms with van der Waals surface area (Å²) in [6.07, 6.45) is -3.64. The molecule has 0 aliphatic carbocycles. The SMILES string of the molecule is CC(C)CNC(=O)c1ccccc1NC(=O)COC(=O)Cn1ccc(C(F)(F)F)n1. The third-order valence-corrected chi connectivity index (χ3v) is 3.70. The van der Waals surface area contributed by atoms with Crippen molar-refractivity contribution in [2.24, 2.45) is 5.92 Å². The van der Waals surface area contributed by atoms with Gasteiger partial charge in [0.05, 0.1) is 11.3 Å². The maximum atomic E-state index is 12.5. The predicted octanol–water partition coefficient (Wildman–Crippen LogP) is 2.47. The maximum Gasteiger partial charge on any atom is 0.435 e. The van der Waals surface area contributed by atoms with Crippen LogP contribution >= 0.6 is 0 Å². The van der Waals surface area contributed by atoms with Crippen LogP contribution in [-0.4, -0.2) is 40.7 Å². The third kappa shape index (κ3) is 6.90. The lowest BCUT2D eigenvalue weighted by Gasteiger charge is -2.12. The quantitative estimate of drug-likeness (QED) is 0.632. The van der Waals surface area contributed by atoms with Gasteiger partial charge in [0.2, 0.25) is 0 Å². The number of nitrogens with zero attached hydrogens (tertiary/aromatic N) is 2. The number of anilines is 1. The zero-order chi connectivity index (χ0) is 22.3. The van der Waals surface area contributed by atoms with Crippen LogP contribution < -0.4 is 10.6 Å². The molecule has 2 aromatic rings. The molecule has 0 saturated carbocycles. The third-order valence-electron chi connectivity index (χ3n) is 3.70. The number of alkyl halides is 3. The van der Waals surface area contributed by atoms with Gasteiger partial charge in [-0.1, -0.05) is 26.0 Å². The number of nitrogens with one attached hydrogen (secondary N) is 2. The largest absolute Gasteiger partial charge is 0.454 e. The number of rotatable bonds is 8. The minimum atomic E-state index is -4.62. The molecule has 0 atom stereocenters. The Morgan fingerprint density at radius 2 is 1.87 bits per heavy atom. The van der Waals surface area contributed by atoms with Crippen LogP contribution in [0.25, 0.3) is 0 Å². The summed E-state index contributed by atoms with van der Waals surface area (Å²) in [4.78, 5) is 36.1. The summed E-state index contributed by atoms with van der Waals surface area (Å²) in [5, 5.41) is 8.43. The molecule has 0 spiro atoms. The average molecular weight is 426 g/mol. The van der Waals surface area contributed by atoms with Gasteiger partial charge in [-0.25, -0.2) is 0 Å². The highest BCUT2D eigenvalue weighted by Crippen LogP contribution is 2.27. The van der Waals surface area contributed by atoms with E-state index in [2.05, 4.69) is 15.7 Å². The Balaban J connectivity index is 1.88. The van der Waals surface area contributed by atoms with E-state index < -0.39 is 36.9 Å². The fourth-order valence-electron chi connectivity index (χ4n) is 2.29. The molecular formula is C19H21F3N4O4. The van der Waals surface area contributed by atoms with E-state index in [1.54, 1.807) is 12.1 Å². The van der Waals surface area contributed by atoms with E-state index in [4.69, 9.17) is 4.74 Å². The molecule has 0 radical (unpaired) electrons. The molecule has 1 heterocycles. The molecule has 2 amide bonds. The molecule has 0 fully saturated rings. The van der Waals surface area contributed by atoms with Gasteiger partial charge in [0, 0.05) is 12.7 Å². The number of para-hydroxylation sites is 1. The Morgan fingerprint density at radius 3 is 2.50 bits per heavy atom. The van der Waals surface area contributed by atoms with E-state index in [1.807, 2.05) is 13.8 Å². The first kappa shape index (κ1) is 22.9. The van der Waals surface area contributed by atoms with E-state index >= 15 is 0 Å². The first-order valence-electron chi connectivity index (χ1n) is 8.99. The molecular weight excluding hydrogens is 405 g/mol. The van der Waals surface area contributed by atoms with Crippen molar-refractivity contribution < 1.29 is 32.3 Å². The molecule has 162 valence electrons. The standard InChI is InChI=1S/C19H21F3N4O4/c1-12(2)9-23-18(29)13-5-3-4-6-14(13)24-16(27)11-30-17(28)10-26-8-7-15(25-26)19(20,21)22/h3-8,12H,9-11H2,1-2H3,(H,23,29)(H,24,27). The van der Waals surface area contributed by atoms with Gasteiger partial charge in [0.25, 0.3) is 11.8 Å². The van der Waals surface area contributed by atoms with Crippen LogP contribution in [0.5, 0.6) is 0 Å². The number of carbonyl (C=O) groups excluding carboxylic acids is 3. The van der Waals surface area contributed by atoms with Crippen LogP contribution in [0.15, 0.2) is 36.5 Å². The summed E-state index contributed by atoms with van der Waals surface area (Å²) in [6.45, 7) is 3.08. The van der Waals surface area contributed by atoms with E-state index in [9.17, 15) is 27.6 Å². The maximum absolute atomic E-state index is 12.5. The van der Waals surface area contributed by atoms with Gasteiger partial charge in [-0.3, -0.25) is 19.1 Å². The summed E-state index contributed by atoms with van der Waals surface area (Å²) in [7, 11) is 0. The van der Waals surface area contributed by atoms with Gasteiger partial charge in [0.15, 0.2) is 12.3 Å². The van der Waals surface area contributed by atoms with Crippen LogP contribution in [0.2, 0.25) is 0 Å². The van der Waals surface area contributed by atoms with Crippen LogP contribution in [0, 0.1) is 5.92 Å². The van der Waals surface area contributed by atoms with E-state index in [1.165, 1.54) is 12.1 Å². The molecule has 0 aliphatic heterocycles. The minimum Gasteiger partial charge on any atom is -0.454 e. The molecule has 1 aromatic heterocycles. The second-order valence-corrected chi connectivity index (χ2v) is 6.75. The fourth-order valence-corrected chi connectivity index (χ4v) is 2.29. The van der Waals surface area contributed by atoms with Crippen molar-refractivity contribution >= 4 is 23.5 Å². The molecule has 0 saturated heterocycles. The minimum absolute atomic E-state index is 0.238. The first-order chi connectivity index (χ1) is 14.1. The van der Waals surface area contributed by atoms with Crippen LogP contribution in [-0.2, 0) is 27.0 Å². The summed E-state index contributed by atoms with van der Waals surface area (Å²) < 4.78 is 43.0. The lowest BCUT2D eigenvalue weighted by Crippen LogP contribution is -2.29. The van der Waals surface area contributed by atoms with Gasteiger partial charge < -0.3 is 15.4 Å². The zero-order valence-corrected chi connectivity index (χ0v) is 16.3. The summed E-state index contributed by atoms with van der Waals surface area (Å²) >= 11 is 0. The van der Waals surface area contributed by atoms with Crippen molar-refractivity contribution in [1.29, 1.82) is 0 Å². The Kier molecular flexibility index (Phi) is 7.56. The van der Waals surface area contributed by atoms with E-state index in [0.29, 0.717) is 6.54 Å². The van der Waals surface area contributed by atoms with Crippen LogP contribution in [0.1, 0.15) is 29.9 Å². The molecule has 0 bridgehead atoms. The zero-order valence-electron chi connectivity index (χ0n) is 16.3. The molecule has 1 aromatic carbocycles. The highest BCUT2D eigenvalue weighted by atomic mass is 19.4. The number of amides is 2. The van der Waals surface area contributed by atoms with Gasteiger partial charge in [-0.2, -0.15) is 18.3 Å². The van der Waals surface area contributed by atoms with Crippen molar-refractivity contribution in [3.63, 3.8) is 0 Å². The summed E-state index contributed by atoms with van der Waals surface area (Å²) in [6, 6.07) is 7.04. The highest BCUT2D eigenvalue weighted by Gasteiger charge is 2.33. The number of halogens is 3. The molecule has 30 heavy (non-hydrogen) atoms. The number of hydrogen-bond donors (Lipinski definition) is 2. The fraction of sp³-hybridized carbons (Fsp3) is 0.368. The smallest absolute Gasteiger partial charge is 0.435 e. The lowest BCUT2D eigenvalue weighted by molar-refractivity contribution is -0.148. The normalized spacial score (nSPS) is 11.3. The summed E-state index contributed by atoms with van der Waals surface area (Å²) in [5.74, 6) is -1.76. The second kappa shape index (κ2) is 9.90. The van der Waals surface area contributed by atoms with Crippen molar-refractivity contribution in [3.8, 4) is 0 Å². The van der Waals surface area contributed by atoms with E-state index in [-0.39, 0.29) is 23.1 Å². The monoisotopic (exact) mass is 426 g/mol. The Morgan fingerprint density at radius 1 is 1.17 bits per heavy atom. The van der Waals surface area contributed by atoms with E-state index in [0.717, 1.165) is 16.9 Å². The number of carbonyl (C=O) groups is 3. The van der Waals surface area contributed by atoms with Gasteiger partial charge in [-0.15, -0.1) is 0 Å². The van der Waals surface area contributed by atoms with Crippen LogP contribution in [0.3, 0.4) is 0 Å². The molecule has 2 rings (SSSR count). The van der Waals surface area contributed by atoms with Crippen molar-refractivity contribution in [1.82, 2.24) is 15.1 Å². The number of hydrogen-bond acceptors (Lipinski definition) is 5. The van der Waals surface area contributed by atoms with Crippen molar-refractivity contribution in [3.05, 3.63) is 47.8 Å². The molecule has 0 unspecified atom stereocenters. The van der Waals surface area contributed by atoms with Crippen molar-refractivity contribution in [2.45, 2.75) is 26.6 Å². The number of ether oxygens (including phenoxy) is 1. The second-order valence-electron chi connectivity index (χ2n) is 6.75. The van der Waals surface area contributed by atoms with Gasteiger partial charge in [0.1, 0.15) is 6.54 Å². The van der Waals surface area contributed by atoms with Gasteiger partial charge in [-0.05, 0) is 24.1 Å². The average Bonchev–Trinajstić information content (AvgIpc) is 3.14. The van der Waals surface area contributed by atoms with Crippen LogP contribution in [0.4, 0.5) is 18.9 Å². The molecule has 2 N–H and O–H groups in total. The van der Waals surface area contributed by atoms with Crippen molar-refractivity contribution in [2.75, 3.05) is 18.5 Å². The molecule has 8 nitrogen and oxygen atoms in total. The number of esters is 1. The number of aromatic nitrogens is 2. The number of benzene rings is 1. The van der Waals surface area contributed by atoms with Gasteiger partial charge >= 0.3 is 12.1 Å². The summed E-state index contributed by atoms with van der Waals surface area (Å²) in [5.41, 5.74) is -0.656. The Labute approximate surface area is 170 Å². The molecule has 11 heteroatoms. The highest BCUT2D eigenvalue weighted by molar-refractivity contribution is 6.04. The topological polar surface area (TPSA) is 102 Å². The predicted molar refractivity (Wildman–Crippen MR) is 100 cm³/mol.